The molecule has 2 N–H and O–H groups in total. The Hall–Kier alpha value is -1.57. The number of aromatic nitrogens is 1. The third-order valence-electron chi connectivity index (χ3n) is 2.76. The summed E-state index contributed by atoms with van der Waals surface area (Å²) in [6, 6.07) is 17.5. The van der Waals surface area contributed by atoms with Crippen molar-refractivity contribution in [3.8, 4) is 11.3 Å². The largest absolute Gasteiger partial charge is 0.375 e. The number of halogens is 2. The predicted molar refractivity (Wildman–Crippen MR) is 101 cm³/mol. The normalized spacial score (nSPS) is 10.6. The minimum absolute atomic E-state index is 0. The van der Waals surface area contributed by atoms with Gasteiger partial charge in [0.15, 0.2) is 10.1 Å². The van der Waals surface area contributed by atoms with Gasteiger partial charge in [0.25, 0.3) is 0 Å². The second kappa shape index (κ2) is 7.62. The van der Waals surface area contributed by atoms with E-state index in [0.29, 0.717) is 10.1 Å². The third-order valence-corrected chi connectivity index (χ3v) is 4.05. The van der Waals surface area contributed by atoms with Crippen molar-refractivity contribution in [1.29, 1.82) is 0 Å². The molecule has 4 nitrogen and oxygen atoms in total. The van der Waals surface area contributed by atoms with Gasteiger partial charge in [-0.1, -0.05) is 57.6 Å². The maximum Gasteiger partial charge on any atom is 0.182 e. The molecule has 3 aromatic rings. The first-order valence-electron chi connectivity index (χ1n) is 6.21. The lowest BCUT2D eigenvalue weighted by molar-refractivity contribution is 1.24. The summed E-state index contributed by atoms with van der Waals surface area (Å²) < 4.78 is 1.01. The van der Waals surface area contributed by atoms with Gasteiger partial charge in [-0.25, -0.2) is 4.98 Å². The van der Waals surface area contributed by atoms with Crippen LogP contribution in [0, 0.1) is 0 Å². The van der Waals surface area contributed by atoms with Crippen LogP contribution in [0.15, 0.2) is 69.3 Å². The van der Waals surface area contributed by atoms with Gasteiger partial charge in [-0.2, -0.15) is 0 Å². The highest BCUT2D eigenvalue weighted by molar-refractivity contribution is 9.10. The molecule has 0 unspecified atom stereocenters. The van der Waals surface area contributed by atoms with E-state index in [4.69, 9.17) is 5.73 Å². The SMILES string of the molecule is Br.Nc1nc(-c2ccccc2)c(N=Nc2ccc(Br)cc2)s1. The molecule has 0 spiro atoms. The van der Waals surface area contributed by atoms with E-state index in [1.54, 1.807) is 0 Å². The Morgan fingerprint density at radius 2 is 1.64 bits per heavy atom. The summed E-state index contributed by atoms with van der Waals surface area (Å²) in [5.74, 6) is 0. The Bertz CT molecular complexity index is 770. The minimum atomic E-state index is 0. The van der Waals surface area contributed by atoms with E-state index in [-0.39, 0.29) is 17.0 Å². The molecule has 112 valence electrons. The van der Waals surface area contributed by atoms with Gasteiger partial charge in [0, 0.05) is 10.0 Å². The zero-order chi connectivity index (χ0) is 14.7. The number of hydrogen-bond acceptors (Lipinski definition) is 5. The second-order valence-electron chi connectivity index (χ2n) is 4.25. The zero-order valence-corrected chi connectivity index (χ0v) is 15.4. The van der Waals surface area contributed by atoms with E-state index in [1.165, 1.54) is 11.3 Å². The lowest BCUT2D eigenvalue weighted by Crippen LogP contribution is -1.82. The van der Waals surface area contributed by atoms with Gasteiger partial charge in [-0.15, -0.1) is 27.2 Å². The molecule has 3 rings (SSSR count). The highest BCUT2D eigenvalue weighted by Crippen LogP contribution is 2.37. The molecular formula is C15H12Br2N4S. The average Bonchev–Trinajstić information content (AvgIpc) is 2.89. The molecule has 0 bridgehead atoms. The summed E-state index contributed by atoms with van der Waals surface area (Å²) in [5, 5.41) is 9.72. The molecule has 0 fully saturated rings. The molecule has 0 aliphatic rings. The van der Waals surface area contributed by atoms with Crippen molar-refractivity contribution in [3.63, 3.8) is 0 Å². The molecule has 0 saturated carbocycles. The molecular weight excluding hydrogens is 428 g/mol. The van der Waals surface area contributed by atoms with Crippen molar-refractivity contribution in [1.82, 2.24) is 4.98 Å². The number of anilines is 1. The summed E-state index contributed by atoms with van der Waals surface area (Å²) in [4.78, 5) is 4.34. The van der Waals surface area contributed by atoms with Crippen LogP contribution in [0.25, 0.3) is 11.3 Å². The van der Waals surface area contributed by atoms with E-state index in [9.17, 15) is 0 Å². The van der Waals surface area contributed by atoms with Gasteiger partial charge in [0.05, 0.1) is 5.69 Å². The molecule has 0 amide bonds. The quantitative estimate of drug-likeness (QED) is 0.497. The summed E-state index contributed by atoms with van der Waals surface area (Å²) in [7, 11) is 0. The van der Waals surface area contributed by atoms with Crippen molar-refractivity contribution < 1.29 is 0 Å². The number of nitrogen functional groups attached to an aromatic ring is 1. The standard InChI is InChI=1S/C15H11BrN4S.BrH/c16-11-6-8-12(9-7-11)19-20-14-13(18-15(17)21-14)10-4-2-1-3-5-10;/h1-9H,(H2,17,18);1H. The third kappa shape index (κ3) is 4.00. The first-order valence-corrected chi connectivity index (χ1v) is 7.82. The fourth-order valence-corrected chi connectivity index (χ4v) is 2.73. The van der Waals surface area contributed by atoms with Crippen LogP contribution in [0.3, 0.4) is 0 Å². The molecule has 22 heavy (non-hydrogen) atoms. The van der Waals surface area contributed by atoms with Crippen LogP contribution in [0.5, 0.6) is 0 Å². The fraction of sp³-hybridized carbons (Fsp3) is 0. The smallest absolute Gasteiger partial charge is 0.182 e. The summed E-state index contributed by atoms with van der Waals surface area (Å²) >= 11 is 4.72. The zero-order valence-electron chi connectivity index (χ0n) is 11.3. The summed E-state index contributed by atoms with van der Waals surface area (Å²) in [6.45, 7) is 0. The van der Waals surface area contributed by atoms with Crippen LogP contribution in [0.4, 0.5) is 15.8 Å². The van der Waals surface area contributed by atoms with Crippen molar-refractivity contribution in [3.05, 3.63) is 59.1 Å². The average molecular weight is 440 g/mol. The van der Waals surface area contributed by atoms with Crippen LogP contribution in [0.1, 0.15) is 0 Å². The Labute approximate surface area is 151 Å². The van der Waals surface area contributed by atoms with E-state index in [2.05, 4.69) is 31.1 Å². The highest BCUT2D eigenvalue weighted by Gasteiger charge is 2.11. The van der Waals surface area contributed by atoms with E-state index >= 15 is 0 Å². The molecule has 0 atom stereocenters. The van der Waals surface area contributed by atoms with Gasteiger partial charge < -0.3 is 5.73 Å². The first kappa shape index (κ1) is 16.8. The minimum Gasteiger partial charge on any atom is -0.375 e. The molecule has 0 saturated heterocycles. The molecule has 1 heterocycles. The Morgan fingerprint density at radius 1 is 0.955 bits per heavy atom. The molecule has 1 aromatic heterocycles. The van der Waals surface area contributed by atoms with Gasteiger partial charge in [0.2, 0.25) is 0 Å². The monoisotopic (exact) mass is 438 g/mol. The number of thiazole rings is 1. The number of hydrogen-bond donors (Lipinski definition) is 1. The van der Waals surface area contributed by atoms with E-state index < -0.39 is 0 Å². The van der Waals surface area contributed by atoms with E-state index in [0.717, 1.165) is 21.4 Å². The molecule has 2 aromatic carbocycles. The van der Waals surface area contributed by atoms with Crippen molar-refractivity contribution in [2.45, 2.75) is 0 Å². The summed E-state index contributed by atoms with van der Waals surface area (Å²) in [6.07, 6.45) is 0. The lowest BCUT2D eigenvalue weighted by Gasteiger charge is -1.97. The number of rotatable bonds is 3. The Balaban J connectivity index is 0.00000176. The molecule has 0 aliphatic carbocycles. The van der Waals surface area contributed by atoms with Crippen LogP contribution in [-0.4, -0.2) is 4.98 Å². The predicted octanol–water partition coefficient (Wildman–Crippen LogP) is 6.15. The van der Waals surface area contributed by atoms with Gasteiger partial charge in [-0.3, -0.25) is 0 Å². The second-order valence-corrected chi connectivity index (χ2v) is 6.17. The molecule has 0 aliphatic heterocycles. The fourth-order valence-electron chi connectivity index (χ4n) is 1.79. The molecule has 0 radical (unpaired) electrons. The number of azo groups is 1. The van der Waals surface area contributed by atoms with Crippen LogP contribution in [-0.2, 0) is 0 Å². The topological polar surface area (TPSA) is 63.6 Å². The lowest BCUT2D eigenvalue weighted by atomic mass is 10.2. The number of nitrogens with two attached hydrogens (primary N) is 1. The number of benzene rings is 2. The van der Waals surface area contributed by atoms with Crippen LogP contribution >= 0.6 is 44.2 Å². The Morgan fingerprint density at radius 3 is 2.32 bits per heavy atom. The first-order chi connectivity index (χ1) is 10.2. The molecule has 7 heteroatoms. The van der Waals surface area contributed by atoms with Gasteiger partial charge >= 0.3 is 0 Å². The van der Waals surface area contributed by atoms with Crippen LogP contribution < -0.4 is 5.73 Å². The maximum absolute atomic E-state index is 5.81. The number of nitrogens with zero attached hydrogens (tertiary/aromatic N) is 3. The highest BCUT2D eigenvalue weighted by atomic mass is 79.9. The van der Waals surface area contributed by atoms with E-state index in [1.807, 2.05) is 54.6 Å². The van der Waals surface area contributed by atoms with Crippen LogP contribution in [0.2, 0.25) is 0 Å². The van der Waals surface area contributed by atoms with Gasteiger partial charge in [0.1, 0.15) is 5.69 Å². The van der Waals surface area contributed by atoms with Crippen molar-refractivity contribution in [2.75, 3.05) is 5.73 Å². The van der Waals surface area contributed by atoms with Crippen molar-refractivity contribution >= 4 is 60.1 Å². The summed E-state index contributed by atoms with van der Waals surface area (Å²) in [5.41, 5.74) is 8.33. The maximum atomic E-state index is 5.81. The van der Waals surface area contributed by atoms with Crippen molar-refractivity contribution in [2.24, 2.45) is 10.2 Å². The van der Waals surface area contributed by atoms with Gasteiger partial charge in [-0.05, 0) is 24.3 Å². The Kier molecular flexibility index (Phi) is 5.82.